The number of anilines is 1. The van der Waals surface area contributed by atoms with Crippen LogP contribution in [0.1, 0.15) is 46.0 Å². The molecule has 0 atom stereocenters. The lowest BCUT2D eigenvalue weighted by Crippen LogP contribution is -2.29. The molecule has 0 bridgehead atoms. The Kier molecular flexibility index (Phi) is 4.92. The van der Waals surface area contributed by atoms with E-state index in [0.717, 1.165) is 37.5 Å². The lowest BCUT2D eigenvalue weighted by molar-refractivity contribution is -0.393. The molecule has 1 N–H and O–H groups in total. The number of rotatable bonds is 5. The summed E-state index contributed by atoms with van der Waals surface area (Å²) >= 11 is 0. The quantitative estimate of drug-likeness (QED) is 0.495. The number of benzene rings is 1. The molecular weight excluding hydrogens is 300 g/mol. The van der Waals surface area contributed by atoms with Crippen molar-refractivity contribution >= 4 is 22.8 Å². The molecule has 1 aliphatic carbocycles. The summed E-state index contributed by atoms with van der Waals surface area (Å²) in [4.78, 5) is 20.5. The number of non-ortho nitro benzene ring substituents is 1. The van der Waals surface area contributed by atoms with Crippen LogP contribution in [0.3, 0.4) is 0 Å². The Morgan fingerprint density at radius 3 is 2.39 bits per heavy atom. The van der Waals surface area contributed by atoms with Crippen molar-refractivity contribution < 1.29 is 9.85 Å². The third-order valence-corrected chi connectivity index (χ3v) is 4.56. The van der Waals surface area contributed by atoms with Gasteiger partial charge in [0, 0.05) is 17.2 Å². The van der Waals surface area contributed by atoms with E-state index in [0.29, 0.717) is 0 Å². The zero-order valence-corrected chi connectivity index (χ0v) is 13.2. The lowest BCUT2D eigenvalue weighted by Gasteiger charge is -2.33. The van der Waals surface area contributed by atoms with Crippen LogP contribution < -0.4 is 5.43 Å². The largest absolute Gasteiger partial charge is 0.301 e. The predicted molar refractivity (Wildman–Crippen MR) is 87.7 cm³/mol. The van der Waals surface area contributed by atoms with Gasteiger partial charge in [-0.25, -0.2) is 0 Å². The van der Waals surface area contributed by atoms with Crippen molar-refractivity contribution in [2.45, 2.75) is 46.0 Å². The van der Waals surface area contributed by atoms with E-state index in [2.05, 4.69) is 17.5 Å². The molecule has 1 aromatic carbocycles. The van der Waals surface area contributed by atoms with Crippen LogP contribution in [0, 0.1) is 25.6 Å². The maximum absolute atomic E-state index is 11.1. The van der Waals surface area contributed by atoms with E-state index in [1.807, 2.05) is 6.92 Å². The number of nitro benzene ring substituents is 2. The highest BCUT2D eigenvalue weighted by molar-refractivity contribution is 5.88. The maximum Gasteiger partial charge on any atom is 0.301 e. The Hall–Kier alpha value is -2.51. The molecule has 0 unspecified atom stereocenters. The van der Waals surface area contributed by atoms with Crippen LogP contribution >= 0.6 is 0 Å². The third-order valence-electron chi connectivity index (χ3n) is 4.56. The molecule has 1 saturated carbocycles. The van der Waals surface area contributed by atoms with Gasteiger partial charge in [-0.05, 0) is 25.8 Å². The highest BCUT2D eigenvalue weighted by Gasteiger charge is 2.30. The molecule has 124 valence electrons. The lowest BCUT2D eigenvalue weighted by atomic mass is 9.73. The van der Waals surface area contributed by atoms with Gasteiger partial charge in [0.15, 0.2) is 0 Å². The average Bonchev–Trinajstić information content (AvgIpc) is 2.52. The fourth-order valence-electron chi connectivity index (χ4n) is 2.85. The van der Waals surface area contributed by atoms with Crippen LogP contribution in [-0.2, 0) is 0 Å². The Morgan fingerprint density at radius 1 is 1.17 bits per heavy atom. The Morgan fingerprint density at radius 2 is 1.83 bits per heavy atom. The zero-order valence-electron chi connectivity index (χ0n) is 13.2. The summed E-state index contributed by atoms with van der Waals surface area (Å²) in [6.07, 6.45) is 5.63. The smallest absolute Gasteiger partial charge is 0.272 e. The van der Waals surface area contributed by atoms with Crippen molar-refractivity contribution in [1.82, 2.24) is 0 Å². The number of nitro groups is 2. The van der Waals surface area contributed by atoms with Gasteiger partial charge in [-0.3, -0.25) is 25.7 Å². The summed E-state index contributed by atoms with van der Waals surface area (Å²) in [7, 11) is 0. The second-order valence-electron chi connectivity index (χ2n) is 6.15. The first-order chi connectivity index (χ1) is 10.8. The summed E-state index contributed by atoms with van der Waals surface area (Å²) in [5.41, 5.74) is 3.08. The first-order valence-corrected chi connectivity index (χ1v) is 7.57. The second kappa shape index (κ2) is 6.72. The second-order valence-corrected chi connectivity index (χ2v) is 6.15. The molecule has 23 heavy (non-hydrogen) atoms. The van der Waals surface area contributed by atoms with Crippen molar-refractivity contribution in [1.29, 1.82) is 0 Å². The normalized spacial score (nSPS) is 17.6. The minimum absolute atomic E-state index is 0.000800. The van der Waals surface area contributed by atoms with Gasteiger partial charge < -0.3 is 0 Å². The van der Waals surface area contributed by atoms with Crippen LogP contribution in [0.4, 0.5) is 17.1 Å². The number of nitrogens with one attached hydrogen (secondary N) is 1. The minimum Gasteiger partial charge on any atom is -0.272 e. The molecule has 2 rings (SSSR count). The molecule has 0 spiro atoms. The van der Waals surface area contributed by atoms with Crippen LogP contribution in [0.15, 0.2) is 23.3 Å². The highest BCUT2D eigenvalue weighted by atomic mass is 16.6. The Balaban J connectivity index is 2.23. The first kappa shape index (κ1) is 16.9. The van der Waals surface area contributed by atoms with Crippen molar-refractivity contribution in [3.63, 3.8) is 0 Å². The molecule has 0 heterocycles. The van der Waals surface area contributed by atoms with Crippen LogP contribution in [0.25, 0.3) is 0 Å². The van der Waals surface area contributed by atoms with E-state index in [1.165, 1.54) is 18.6 Å². The van der Waals surface area contributed by atoms with Gasteiger partial charge in [0.1, 0.15) is 5.69 Å². The zero-order chi connectivity index (χ0) is 17.0. The van der Waals surface area contributed by atoms with Gasteiger partial charge in [0.2, 0.25) is 0 Å². The maximum atomic E-state index is 11.1. The van der Waals surface area contributed by atoms with Gasteiger partial charge in [-0.1, -0.05) is 26.2 Å². The summed E-state index contributed by atoms with van der Waals surface area (Å²) in [6.45, 7) is 4.06. The Labute approximate surface area is 133 Å². The van der Waals surface area contributed by atoms with E-state index >= 15 is 0 Å². The van der Waals surface area contributed by atoms with Crippen molar-refractivity contribution in [3.8, 4) is 0 Å². The van der Waals surface area contributed by atoms with Gasteiger partial charge in [-0.2, -0.15) is 5.10 Å². The number of nitrogens with zero attached hydrogens (tertiary/aromatic N) is 3. The van der Waals surface area contributed by atoms with E-state index in [9.17, 15) is 20.2 Å². The molecular formula is C15H20N4O4. The van der Waals surface area contributed by atoms with Crippen LogP contribution in [-0.4, -0.2) is 15.6 Å². The Bertz CT molecular complexity index is 651. The highest BCUT2D eigenvalue weighted by Crippen LogP contribution is 2.37. The monoisotopic (exact) mass is 320 g/mol. The molecule has 0 amide bonds. The standard InChI is InChI=1S/C15H20N4O4/c1-11(15(2)8-4-3-5-9-15)16-17-13-7-6-12(18(20)21)10-14(13)19(22)23/h6-7,10,17H,3-5,8-9H2,1-2H3/b16-11+. The molecule has 0 radical (unpaired) electrons. The van der Waals surface area contributed by atoms with E-state index < -0.39 is 9.85 Å². The van der Waals surface area contributed by atoms with Gasteiger partial charge in [0.05, 0.1) is 15.9 Å². The molecule has 0 saturated heterocycles. The summed E-state index contributed by atoms with van der Waals surface area (Å²) in [5.74, 6) is 0. The van der Waals surface area contributed by atoms with E-state index in [-0.39, 0.29) is 22.5 Å². The molecule has 8 heteroatoms. The van der Waals surface area contributed by atoms with Gasteiger partial charge >= 0.3 is 5.69 Å². The van der Waals surface area contributed by atoms with E-state index in [1.54, 1.807) is 0 Å². The number of hydrogen-bond donors (Lipinski definition) is 1. The molecule has 0 aliphatic heterocycles. The minimum atomic E-state index is -0.658. The van der Waals surface area contributed by atoms with Crippen LogP contribution in [0.2, 0.25) is 0 Å². The fraction of sp³-hybridized carbons (Fsp3) is 0.533. The average molecular weight is 320 g/mol. The summed E-state index contributed by atoms with van der Waals surface area (Å²) in [5, 5.41) is 26.1. The molecule has 1 aliphatic rings. The van der Waals surface area contributed by atoms with Gasteiger partial charge in [-0.15, -0.1) is 0 Å². The summed E-state index contributed by atoms with van der Waals surface area (Å²) in [6, 6.07) is 3.48. The number of hydrazone groups is 1. The molecule has 1 aromatic rings. The number of hydrogen-bond acceptors (Lipinski definition) is 6. The summed E-state index contributed by atoms with van der Waals surface area (Å²) < 4.78 is 0. The van der Waals surface area contributed by atoms with Crippen molar-refractivity contribution in [3.05, 3.63) is 38.4 Å². The van der Waals surface area contributed by atoms with Gasteiger partial charge in [0.25, 0.3) is 5.69 Å². The first-order valence-electron chi connectivity index (χ1n) is 7.57. The van der Waals surface area contributed by atoms with Crippen LogP contribution in [0.5, 0.6) is 0 Å². The topological polar surface area (TPSA) is 111 Å². The molecule has 1 fully saturated rings. The SMILES string of the molecule is C/C(=N\Nc1ccc([N+](=O)[O-])cc1[N+](=O)[O-])C1(C)CCCCC1. The van der Waals surface area contributed by atoms with E-state index in [4.69, 9.17) is 0 Å². The third kappa shape index (κ3) is 3.82. The fourth-order valence-corrected chi connectivity index (χ4v) is 2.85. The molecule has 0 aromatic heterocycles. The molecule has 8 nitrogen and oxygen atoms in total. The van der Waals surface area contributed by atoms with Crippen molar-refractivity contribution in [2.24, 2.45) is 10.5 Å². The predicted octanol–water partition coefficient (Wildman–Crippen LogP) is 4.26. The van der Waals surface area contributed by atoms with Crippen molar-refractivity contribution in [2.75, 3.05) is 5.43 Å².